The molecule has 2 fully saturated rings. The van der Waals surface area contributed by atoms with Crippen molar-refractivity contribution in [3.05, 3.63) is 99.4 Å². The Morgan fingerprint density at radius 2 is 1.18 bits per heavy atom. The summed E-state index contributed by atoms with van der Waals surface area (Å²) in [5.41, 5.74) is 3.34. The molecule has 0 heterocycles. The first kappa shape index (κ1) is 30.1. The molecule has 1 aromatic carbocycles. The van der Waals surface area contributed by atoms with Crippen molar-refractivity contribution in [1.82, 2.24) is 0 Å². The monoisotopic (exact) mass is 590 g/mol. The van der Waals surface area contributed by atoms with Crippen LogP contribution >= 0.6 is 17.0 Å². The van der Waals surface area contributed by atoms with Gasteiger partial charge in [0.2, 0.25) is 0 Å². The van der Waals surface area contributed by atoms with Crippen molar-refractivity contribution in [2.24, 2.45) is 35.5 Å². The van der Waals surface area contributed by atoms with Gasteiger partial charge in [-0.3, -0.25) is 0 Å². The molecular weight excluding hydrogens is 551 g/mol. The van der Waals surface area contributed by atoms with Gasteiger partial charge < -0.3 is 14.9 Å². The SMILES string of the molecule is CC1C2C=CC=CC2C(C)C1[Si](C)(C)C1CC(c2ccccc2)C2C=CC=CC21.[CH3-].[CH3-].[Cl][Zr+2][Cl]. The molecule has 0 radical (unpaired) electrons. The van der Waals surface area contributed by atoms with E-state index in [0.717, 1.165) is 40.7 Å². The molecule has 8 unspecified atom stereocenters. The third kappa shape index (κ3) is 5.56. The zero-order valence-electron chi connectivity index (χ0n) is 21.7. The second-order valence-electron chi connectivity index (χ2n) is 10.8. The fourth-order valence-corrected chi connectivity index (χ4v) is 14.0. The van der Waals surface area contributed by atoms with Crippen LogP contribution in [0, 0.1) is 50.4 Å². The van der Waals surface area contributed by atoms with Crippen LogP contribution in [0.3, 0.4) is 0 Å². The molecular formula is C30H42Cl2SiZr. The summed E-state index contributed by atoms with van der Waals surface area (Å²) in [5.74, 6) is 5.26. The Morgan fingerprint density at radius 1 is 0.735 bits per heavy atom. The van der Waals surface area contributed by atoms with Gasteiger partial charge in [-0.05, 0) is 64.5 Å². The molecule has 2 saturated carbocycles. The summed E-state index contributed by atoms with van der Waals surface area (Å²) in [6.45, 7) is 10.6. The second-order valence-corrected chi connectivity index (χ2v) is 19.6. The van der Waals surface area contributed by atoms with Crippen LogP contribution in [0.2, 0.25) is 24.2 Å². The number of fused-ring (bicyclic) bond motifs is 2. The normalized spacial score (nSPS) is 36.8. The fourth-order valence-electron chi connectivity index (χ4n) is 8.15. The molecule has 0 spiro atoms. The number of allylic oxidation sites excluding steroid dienone is 8. The van der Waals surface area contributed by atoms with Crippen molar-refractivity contribution in [2.75, 3.05) is 0 Å². The number of hydrogen-bond acceptors (Lipinski definition) is 0. The molecule has 0 amide bonds. The molecule has 0 N–H and O–H groups in total. The minimum atomic E-state index is -1.49. The molecule has 34 heavy (non-hydrogen) atoms. The van der Waals surface area contributed by atoms with Crippen molar-refractivity contribution in [3.8, 4) is 0 Å². The van der Waals surface area contributed by atoms with Gasteiger partial charge in [0, 0.05) is 0 Å². The Morgan fingerprint density at radius 3 is 1.68 bits per heavy atom. The van der Waals surface area contributed by atoms with Crippen molar-refractivity contribution >= 4 is 25.1 Å². The predicted octanol–water partition coefficient (Wildman–Crippen LogP) is 9.90. The van der Waals surface area contributed by atoms with E-state index in [4.69, 9.17) is 17.0 Å². The van der Waals surface area contributed by atoms with Gasteiger partial charge in [0.25, 0.3) is 0 Å². The van der Waals surface area contributed by atoms with Crippen molar-refractivity contribution in [2.45, 2.75) is 50.4 Å². The summed E-state index contributed by atoms with van der Waals surface area (Å²) in [6, 6.07) is 11.4. The molecule has 0 saturated heterocycles. The summed E-state index contributed by atoms with van der Waals surface area (Å²) in [6.07, 6.45) is 20.7. The van der Waals surface area contributed by atoms with Gasteiger partial charge in [0.05, 0.1) is 8.07 Å². The van der Waals surface area contributed by atoms with Gasteiger partial charge in [-0.25, -0.2) is 0 Å². The van der Waals surface area contributed by atoms with E-state index in [-0.39, 0.29) is 14.9 Å². The number of halogens is 2. The summed E-state index contributed by atoms with van der Waals surface area (Å²) in [4.78, 5) is 0. The van der Waals surface area contributed by atoms with Crippen LogP contribution in [0.25, 0.3) is 0 Å². The number of hydrogen-bond donors (Lipinski definition) is 0. The molecule has 0 aromatic heterocycles. The third-order valence-electron chi connectivity index (χ3n) is 9.27. The third-order valence-corrected chi connectivity index (χ3v) is 14.6. The molecule has 0 aliphatic heterocycles. The maximum absolute atomic E-state index is 4.93. The van der Waals surface area contributed by atoms with E-state index in [0.29, 0.717) is 11.8 Å². The van der Waals surface area contributed by atoms with Gasteiger partial charge in [-0.2, -0.15) is 0 Å². The van der Waals surface area contributed by atoms with E-state index in [2.05, 4.69) is 106 Å². The molecule has 4 aliphatic rings. The zero-order chi connectivity index (χ0) is 22.9. The molecule has 8 atom stereocenters. The topological polar surface area (TPSA) is 0 Å². The summed E-state index contributed by atoms with van der Waals surface area (Å²) < 4.78 is 0. The van der Waals surface area contributed by atoms with Gasteiger partial charge in [-0.15, -0.1) is 0 Å². The summed E-state index contributed by atoms with van der Waals surface area (Å²) >= 11 is -0.826. The van der Waals surface area contributed by atoms with Crippen molar-refractivity contribution < 1.29 is 20.8 Å². The van der Waals surface area contributed by atoms with Crippen LogP contribution in [-0.2, 0) is 20.8 Å². The Labute approximate surface area is 229 Å². The summed E-state index contributed by atoms with van der Waals surface area (Å²) in [5, 5.41) is 0. The van der Waals surface area contributed by atoms with Gasteiger partial charge in [0.1, 0.15) is 0 Å². The van der Waals surface area contributed by atoms with E-state index in [1.807, 2.05) is 0 Å². The predicted molar refractivity (Wildman–Crippen MR) is 152 cm³/mol. The summed E-state index contributed by atoms with van der Waals surface area (Å²) in [7, 11) is 8.38. The fraction of sp³-hybridized carbons (Fsp3) is 0.467. The van der Waals surface area contributed by atoms with Crippen LogP contribution in [-0.4, -0.2) is 8.07 Å². The van der Waals surface area contributed by atoms with E-state index in [9.17, 15) is 0 Å². The van der Waals surface area contributed by atoms with Crippen molar-refractivity contribution in [1.29, 1.82) is 0 Å². The minimum absolute atomic E-state index is 0. The van der Waals surface area contributed by atoms with Crippen LogP contribution in [0.1, 0.15) is 31.7 Å². The maximum atomic E-state index is 4.93. The first-order valence-corrected chi connectivity index (χ1v) is 21.6. The standard InChI is InChI=1S/C28H36Si.2CH3.2ClH.Zr/c1-19-22-14-8-9-15-23(22)20(2)28(19)29(3,4)27-18-26(21-12-6-5-7-13-21)24-16-10-11-17-25(24)27;;;;;/h5-17,19-20,22-28H,18H2,1-4H3;2*1H3;2*1H;/q;2*-1;;;+4/p-2. The average molecular weight is 593 g/mol. The Balaban J connectivity index is 0.000000778. The van der Waals surface area contributed by atoms with Crippen LogP contribution in [0.5, 0.6) is 0 Å². The molecule has 0 nitrogen and oxygen atoms in total. The molecule has 4 heteroatoms. The van der Waals surface area contributed by atoms with E-state index >= 15 is 0 Å². The Hall–Kier alpha value is -0.140. The first-order chi connectivity index (χ1) is 15.4. The van der Waals surface area contributed by atoms with Gasteiger partial charge in [0.15, 0.2) is 0 Å². The van der Waals surface area contributed by atoms with E-state index in [1.54, 1.807) is 5.56 Å². The Kier molecular flexibility index (Phi) is 11.4. The number of rotatable bonds is 3. The molecule has 184 valence electrons. The second kappa shape index (κ2) is 12.9. The quantitative estimate of drug-likeness (QED) is 0.242. The average Bonchev–Trinajstić information content (AvgIpc) is 3.32. The number of benzene rings is 1. The van der Waals surface area contributed by atoms with E-state index < -0.39 is 28.9 Å². The molecule has 4 aliphatic carbocycles. The first-order valence-electron chi connectivity index (χ1n) is 12.1. The van der Waals surface area contributed by atoms with Crippen LogP contribution < -0.4 is 0 Å². The van der Waals surface area contributed by atoms with Gasteiger partial charge >= 0.3 is 37.9 Å². The van der Waals surface area contributed by atoms with Crippen LogP contribution in [0.15, 0.2) is 78.9 Å². The Bertz CT molecular complexity index is 866. The zero-order valence-corrected chi connectivity index (χ0v) is 26.6. The molecule has 5 rings (SSSR count). The van der Waals surface area contributed by atoms with E-state index in [1.165, 1.54) is 6.42 Å². The van der Waals surface area contributed by atoms with Crippen molar-refractivity contribution in [3.63, 3.8) is 0 Å². The van der Waals surface area contributed by atoms with Crippen LogP contribution in [0.4, 0.5) is 0 Å². The molecule has 1 aromatic rings. The van der Waals surface area contributed by atoms with Gasteiger partial charge in [-0.1, -0.05) is 106 Å². The molecule has 0 bridgehead atoms.